The van der Waals surface area contributed by atoms with Crippen LogP contribution in [0.1, 0.15) is 5.69 Å². The summed E-state index contributed by atoms with van der Waals surface area (Å²) in [7, 11) is 0. The van der Waals surface area contributed by atoms with Gasteiger partial charge >= 0.3 is 0 Å². The van der Waals surface area contributed by atoms with E-state index in [-0.39, 0.29) is 0 Å². The van der Waals surface area contributed by atoms with Crippen LogP contribution >= 0.6 is 23.2 Å². The van der Waals surface area contributed by atoms with Gasteiger partial charge in [0, 0.05) is 0 Å². The van der Waals surface area contributed by atoms with E-state index in [9.17, 15) is 8.78 Å². The van der Waals surface area contributed by atoms with Crippen LogP contribution in [0.4, 0.5) is 8.78 Å². The van der Waals surface area contributed by atoms with Crippen LogP contribution < -0.4 is 0 Å². The Bertz CT molecular complexity index is 373. The van der Waals surface area contributed by atoms with Crippen molar-refractivity contribution in [3.05, 3.63) is 27.5 Å². The maximum Gasteiger partial charge on any atom is 0.236 e. The number of halogens is 4. The van der Waals surface area contributed by atoms with Crippen molar-refractivity contribution in [3.8, 4) is 6.07 Å². The van der Waals surface area contributed by atoms with Gasteiger partial charge in [-0.25, -0.2) is 9.37 Å². The van der Waals surface area contributed by atoms with E-state index in [1.807, 2.05) is 0 Å². The fourth-order valence-electron chi connectivity index (χ4n) is 0.561. The van der Waals surface area contributed by atoms with Gasteiger partial charge in [-0.05, 0) is 0 Å². The zero-order chi connectivity index (χ0) is 9.30. The number of pyridine rings is 1. The lowest BCUT2D eigenvalue weighted by atomic mass is 10.3. The molecule has 0 aromatic carbocycles. The molecule has 0 aliphatic carbocycles. The molecule has 62 valence electrons. The summed E-state index contributed by atoms with van der Waals surface area (Å²) < 4.78 is 25.3. The summed E-state index contributed by atoms with van der Waals surface area (Å²) in [6.07, 6.45) is 0. The van der Waals surface area contributed by atoms with Crippen LogP contribution in [-0.4, -0.2) is 4.98 Å². The molecule has 0 saturated carbocycles. The second kappa shape index (κ2) is 3.21. The first kappa shape index (κ1) is 9.17. The Balaban J connectivity index is 3.52. The second-order valence-corrected chi connectivity index (χ2v) is 2.56. The molecule has 0 unspecified atom stereocenters. The molecule has 1 aromatic heterocycles. The van der Waals surface area contributed by atoms with Gasteiger partial charge in [-0.1, -0.05) is 23.2 Å². The molecule has 2 nitrogen and oxygen atoms in total. The van der Waals surface area contributed by atoms with Gasteiger partial charge in [-0.15, -0.1) is 0 Å². The SMILES string of the molecule is N#Cc1nc(F)c(Cl)c(F)c1Cl. The van der Waals surface area contributed by atoms with Gasteiger partial charge in [-0.2, -0.15) is 9.65 Å². The summed E-state index contributed by atoms with van der Waals surface area (Å²) >= 11 is 10.4. The van der Waals surface area contributed by atoms with Crippen molar-refractivity contribution >= 4 is 23.2 Å². The largest absolute Gasteiger partial charge is 0.236 e. The normalized spacial score (nSPS) is 9.58. The number of nitriles is 1. The standard InChI is InChI=1S/C6Cl2F2N2/c7-3-2(1-11)12-6(10)4(8)5(3)9. The van der Waals surface area contributed by atoms with E-state index < -0.39 is 27.5 Å². The molecular formula is C6Cl2F2N2. The third-order valence-electron chi connectivity index (χ3n) is 1.09. The molecule has 12 heavy (non-hydrogen) atoms. The van der Waals surface area contributed by atoms with Gasteiger partial charge in [0.2, 0.25) is 5.95 Å². The van der Waals surface area contributed by atoms with Gasteiger partial charge in [0.05, 0.1) is 0 Å². The van der Waals surface area contributed by atoms with E-state index in [0.29, 0.717) is 0 Å². The lowest BCUT2D eigenvalue weighted by molar-refractivity contribution is 0.551. The van der Waals surface area contributed by atoms with Crippen molar-refractivity contribution in [1.82, 2.24) is 4.98 Å². The fourth-order valence-corrected chi connectivity index (χ4v) is 0.925. The van der Waals surface area contributed by atoms with E-state index in [4.69, 9.17) is 28.5 Å². The lowest BCUT2D eigenvalue weighted by Gasteiger charge is -1.98. The van der Waals surface area contributed by atoms with E-state index in [1.54, 1.807) is 0 Å². The molecule has 0 aliphatic rings. The Morgan fingerprint density at radius 2 is 1.83 bits per heavy atom. The van der Waals surface area contributed by atoms with Crippen LogP contribution in [0.5, 0.6) is 0 Å². The fraction of sp³-hybridized carbons (Fsp3) is 0. The highest BCUT2D eigenvalue weighted by Crippen LogP contribution is 2.26. The van der Waals surface area contributed by atoms with Crippen molar-refractivity contribution in [2.24, 2.45) is 0 Å². The monoisotopic (exact) mass is 208 g/mol. The average molecular weight is 209 g/mol. The summed E-state index contributed by atoms with van der Waals surface area (Å²) in [5.74, 6) is -2.41. The van der Waals surface area contributed by atoms with Crippen molar-refractivity contribution in [1.29, 1.82) is 5.26 Å². The summed E-state index contributed by atoms with van der Waals surface area (Å²) in [5, 5.41) is 6.91. The van der Waals surface area contributed by atoms with Crippen molar-refractivity contribution < 1.29 is 8.78 Å². The number of hydrogen-bond donors (Lipinski definition) is 0. The molecule has 0 atom stereocenters. The van der Waals surface area contributed by atoms with Crippen molar-refractivity contribution in [3.63, 3.8) is 0 Å². The number of nitrogens with zero attached hydrogens (tertiary/aromatic N) is 2. The van der Waals surface area contributed by atoms with Crippen molar-refractivity contribution in [2.75, 3.05) is 0 Å². The summed E-state index contributed by atoms with van der Waals surface area (Å²) in [6.45, 7) is 0. The van der Waals surface area contributed by atoms with E-state index in [2.05, 4.69) is 4.98 Å². The summed E-state index contributed by atoms with van der Waals surface area (Å²) in [6, 6.07) is 1.42. The Hall–Kier alpha value is -0.920. The number of hydrogen-bond acceptors (Lipinski definition) is 2. The van der Waals surface area contributed by atoms with Crippen LogP contribution in [-0.2, 0) is 0 Å². The van der Waals surface area contributed by atoms with Gasteiger partial charge in [0.1, 0.15) is 16.1 Å². The Kier molecular flexibility index (Phi) is 2.46. The smallest absolute Gasteiger partial charge is 0.206 e. The van der Waals surface area contributed by atoms with Gasteiger partial charge in [-0.3, -0.25) is 0 Å². The predicted molar refractivity (Wildman–Crippen MR) is 38.9 cm³/mol. The molecule has 0 spiro atoms. The lowest BCUT2D eigenvalue weighted by Crippen LogP contribution is -1.95. The molecule has 0 bridgehead atoms. The van der Waals surface area contributed by atoms with Crippen LogP contribution in [0.15, 0.2) is 0 Å². The van der Waals surface area contributed by atoms with E-state index >= 15 is 0 Å². The Morgan fingerprint density at radius 3 is 2.33 bits per heavy atom. The zero-order valence-electron chi connectivity index (χ0n) is 5.41. The highest BCUT2D eigenvalue weighted by Gasteiger charge is 2.16. The third-order valence-corrected chi connectivity index (χ3v) is 1.76. The minimum absolute atomic E-state index is 0.518. The summed E-state index contributed by atoms with van der Waals surface area (Å²) in [4.78, 5) is 3.02. The zero-order valence-corrected chi connectivity index (χ0v) is 6.92. The number of rotatable bonds is 0. The van der Waals surface area contributed by atoms with Gasteiger partial charge < -0.3 is 0 Å². The van der Waals surface area contributed by atoms with E-state index in [0.717, 1.165) is 0 Å². The molecular weight excluding hydrogens is 209 g/mol. The topological polar surface area (TPSA) is 36.7 Å². The minimum atomic E-state index is -1.24. The Morgan fingerprint density at radius 1 is 1.25 bits per heavy atom. The molecule has 0 aliphatic heterocycles. The second-order valence-electron chi connectivity index (χ2n) is 1.80. The minimum Gasteiger partial charge on any atom is -0.206 e. The quantitative estimate of drug-likeness (QED) is 0.615. The molecule has 0 saturated heterocycles. The van der Waals surface area contributed by atoms with Crippen LogP contribution in [0.2, 0.25) is 10.0 Å². The third kappa shape index (κ3) is 1.33. The molecule has 0 N–H and O–H groups in total. The maximum absolute atomic E-state index is 12.7. The van der Waals surface area contributed by atoms with Crippen LogP contribution in [0.25, 0.3) is 0 Å². The predicted octanol–water partition coefficient (Wildman–Crippen LogP) is 2.54. The maximum atomic E-state index is 12.7. The van der Waals surface area contributed by atoms with Gasteiger partial charge in [0.15, 0.2) is 11.5 Å². The van der Waals surface area contributed by atoms with Crippen molar-refractivity contribution in [2.45, 2.75) is 0 Å². The molecule has 1 aromatic rings. The molecule has 6 heteroatoms. The number of aromatic nitrogens is 1. The molecule has 0 amide bonds. The molecule has 0 fully saturated rings. The van der Waals surface area contributed by atoms with Gasteiger partial charge in [0.25, 0.3) is 0 Å². The molecule has 0 radical (unpaired) electrons. The Labute approximate surface area is 76.3 Å². The first-order valence-corrected chi connectivity index (χ1v) is 3.43. The van der Waals surface area contributed by atoms with Crippen LogP contribution in [0.3, 0.4) is 0 Å². The highest BCUT2D eigenvalue weighted by molar-refractivity contribution is 6.35. The highest BCUT2D eigenvalue weighted by atomic mass is 35.5. The summed E-state index contributed by atoms with van der Waals surface area (Å²) in [5.41, 5.74) is -0.518. The molecule has 1 rings (SSSR count). The first-order valence-electron chi connectivity index (χ1n) is 2.68. The average Bonchev–Trinajstić information content (AvgIpc) is 2.08. The first-order chi connectivity index (χ1) is 5.57. The van der Waals surface area contributed by atoms with E-state index in [1.165, 1.54) is 6.07 Å². The molecule has 1 heterocycles. The van der Waals surface area contributed by atoms with Crippen LogP contribution in [0, 0.1) is 23.1 Å².